The summed E-state index contributed by atoms with van der Waals surface area (Å²) in [5, 5.41) is 0. The standard InChI is InChI=1S/C27H35N5O3/c1-3-4-5-26-29-14-23(30-26)16-31-17-25(35-20-22-10-12-28-13-11-22)18-32(27(33)19-31)15-21-6-8-24(34-2)9-7-21/h6-14,25H,3-5,15-20H2,1-2H3,(H,29,30). The number of nitrogens with one attached hydrogen (secondary N) is 1. The van der Waals surface area contributed by atoms with E-state index in [-0.39, 0.29) is 12.0 Å². The Bertz CT molecular complexity index is 1050. The fourth-order valence-electron chi connectivity index (χ4n) is 4.27. The van der Waals surface area contributed by atoms with Crippen molar-refractivity contribution >= 4 is 5.91 Å². The van der Waals surface area contributed by atoms with Crippen LogP contribution in [0.3, 0.4) is 0 Å². The summed E-state index contributed by atoms with van der Waals surface area (Å²) < 4.78 is 11.6. The number of hydrogen-bond acceptors (Lipinski definition) is 6. The van der Waals surface area contributed by atoms with Crippen LogP contribution in [0.15, 0.2) is 55.0 Å². The van der Waals surface area contributed by atoms with Crippen molar-refractivity contribution in [2.75, 3.05) is 26.7 Å². The van der Waals surface area contributed by atoms with Gasteiger partial charge in [0.15, 0.2) is 0 Å². The molecule has 3 heterocycles. The molecular formula is C27H35N5O3. The van der Waals surface area contributed by atoms with Gasteiger partial charge < -0.3 is 19.4 Å². The van der Waals surface area contributed by atoms with Crippen molar-refractivity contribution in [3.63, 3.8) is 0 Å². The summed E-state index contributed by atoms with van der Waals surface area (Å²) in [6, 6.07) is 11.8. The number of rotatable bonds is 11. The van der Waals surface area contributed by atoms with Gasteiger partial charge in [-0.25, -0.2) is 4.98 Å². The predicted molar refractivity (Wildman–Crippen MR) is 134 cm³/mol. The van der Waals surface area contributed by atoms with E-state index < -0.39 is 0 Å². The summed E-state index contributed by atoms with van der Waals surface area (Å²) in [5.41, 5.74) is 3.16. The number of aryl methyl sites for hydroxylation is 1. The molecule has 1 aliphatic rings. The molecule has 1 atom stereocenters. The maximum absolute atomic E-state index is 13.3. The van der Waals surface area contributed by atoms with E-state index in [1.54, 1.807) is 19.5 Å². The third-order valence-electron chi connectivity index (χ3n) is 6.21. The van der Waals surface area contributed by atoms with Crippen LogP contribution in [-0.4, -0.2) is 63.5 Å². The SMILES string of the molecule is CCCCc1ncc(CN2CC(=O)N(Cc3ccc(OC)cc3)CC(OCc3ccncc3)C2)[nH]1. The molecule has 3 aromatic rings. The first kappa shape index (κ1) is 24.9. The van der Waals surface area contributed by atoms with Crippen LogP contribution in [-0.2, 0) is 35.6 Å². The van der Waals surface area contributed by atoms with Gasteiger partial charge in [0.05, 0.1) is 26.4 Å². The van der Waals surface area contributed by atoms with Crippen LogP contribution in [0.25, 0.3) is 0 Å². The minimum atomic E-state index is -0.115. The topological polar surface area (TPSA) is 83.6 Å². The Balaban J connectivity index is 1.45. The molecule has 1 saturated heterocycles. The molecule has 4 rings (SSSR count). The minimum absolute atomic E-state index is 0.0987. The molecule has 1 amide bonds. The van der Waals surface area contributed by atoms with Gasteiger partial charge in [0, 0.05) is 56.9 Å². The van der Waals surface area contributed by atoms with Crippen molar-refractivity contribution < 1.29 is 14.3 Å². The summed E-state index contributed by atoms with van der Waals surface area (Å²) in [5.74, 6) is 1.91. The highest BCUT2D eigenvalue weighted by atomic mass is 16.5. The Hall–Kier alpha value is -3.23. The van der Waals surface area contributed by atoms with E-state index >= 15 is 0 Å². The van der Waals surface area contributed by atoms with Gasteiger partial charge in [-0.3, -0.25) is 14.7 Å². The van der Waals surface area contributed by atoms with E-state index in [4.69, 9.17) is 9.47 Å². The zero-order valence-electron chi connectivity index (χ0n) is 20.7. The van der Waals surface area contributed by atoms with Gasteiger partial charge in [0.25, 0.3) is 0 Å². The molecule has 0 saturated carbocycles. The fourth-order valence-corrected chi connectivity index (χ4v) is 4.27. The second-order valence-corrected chi connectivity index (χ2v) is 9.04. The lowest BCUT2D eigenvalue weighted by Crippen LogP contribution is -2.37. The number of benzene rings is 1. The molecule has 8 nitrogen and oxygen atoms in total. The zero-order valence-corrected chi connectivity index (χ0v) is 20.7. The van der Waals surface area contributed by atoms with E-state index in [0.717, 1.165) is 47.7 Å². The molecule has 1 aliphatic heterocycles. The second-order valence-electron chi connectivity index (χ2n) is 9.04. The van der Waals surface area contributed by atoms with E-state index in [2.05, 4.69) is 26.8 Å². The van der Waals surface area contributed by atoms with Crippen molar-refractivity contribution in [1.82, 2.24) is 24.8 Å². The molecule has 8 heteroatoms. The van der Waals surface area contributed by atoms with Gasteiger partial charge in [-0.05, 0) is 41.8 Å². The van der Waals surface area contributed by atoms with Gasteiger partial charge in [0.2, 0.25) is 5.91 Å². The van der Waals surface area contributed by atoms with E-state index in [1.807, 2.05) is 47.5 Å². The molecule has 0 spiro atoms. The summed E-state index contributed by atoms with van der Waals surface area (Å²) in [4.78, 5) is 29.4. The van der Waals surface area contributed by atoms with Crippen LogP contribution in [0.5, 0.6) is 5.75 Å². The number of carbonyl (C=O) groups excluding carboxylic acids is 1. The number of unbranched alkanes of at least 4 members (excludes halogenated alkanes) is 1. The summed E-state index contributed by atoms with van der Waals surface area (Å²) >= 11 is 0. The Morgan fingerprint density at radius 3 is 2.60 bits per heavy atom. The Labute approximate surface area is 207 Å². The summed E-state index contributed by atoms with van der Waals surface area (Å²) in [7, 11) is 1.65. The Morgan fingerprint density at radius 2 is 1.86 bits per heavy atom. The number of aromatic amines is 1. The van der Waals surface area contributed by atoms with Crippen LogP contribution in [0.1, 0.15) is 42.4 Å². The number of H-pyrrole nitrogens is 1. The number of aromatic nitrogens is 3. The van der Waals surface area contributed by atoms with Crippen LogP contribution in [0.2, 0.25) is 0 Å². The highest BCUT2D eigenvalue weighted by molar-refractivity contribution is 5.78. The molecule has 1 N–H and O–H groups in total. The lowest BCUT2D eigenvalue weighted by atomic mass is 10.2. The maximum atomic E-state index is 13.3. The van der Waals surface area contributed by atoms with Gasteiger partial charge in [-0.2, -0.15) is 0 Å². The first-order valence-electron chi connectivity index (χ1n) is 12.3. The highest BCUT2D eigenvalue weighted by Crippen LogP contribution is 2.18. The van der Waals surface area contributed by atoms with E-state index in [1.165, 1.54) is 0 Å². The van der Waals surface area contributed by atoms with Crippen LogP contribution in [0, 0.1) is 0 Å². The lowest BCUT2D eigenvalue weighted by molar-refractivity contribution is -0.132. The van der Waals surface area contributed by atoms with Crippen molar-refractivity contribution in [2.45, 2.75) is 52.0 Å². The van der Waals surface area contributed by atoms with Gasteiger partial charge in [-0.15, -0.1) is 0 Å². The molecular weight excluding hydrogens is 442 g/mol. The number of amides is 1. The highest BCUT2D eigenvalue weighted by Gasteiger charge is 2.29. The lowest BCUT2D eigenvalue weighted by Gasteiger charge is -2.25. The fraction of sp³-hybridized carbons (Fsp3) is 0.444. The maximum Gasteiger partial charge on any atom is 0.237 e. The minimum Gasteiger partial charge on any atom is -0.497 e. The molecule has 1 unspecified atom stereocenters. The van der Waals surface area contributed by atoms with E-state index in [0.29, 0.717) is 39.3 Å². The predicted octanol–water partition coefficient (Wildman–Crippen LogP) is 3.59. The Morgan fingerprint density at radius 1 is 1.06 bits per heavy atom. The van der Waals surface area contributed by atoms with Crippen LogP contribution >= 0.6 is 0 Å². The number of imidazole rings is 1. The molecule has 35 heavy (non-hydrogen) atoms. The second kappa shape index (κ2) is 12.5. The summed E-state index contributed by atoms with van der Waals surface area (Å²) in [6.45, 7) is 5.38. The Kier molecular flexibility index (Phi) is 8.86. The third kappa shape index (κ3) is 7.37. The first-order chi connectivity index (χ1) is 17.1. The van der Waals surface area contributed by atoms with Crippen molar-refractivity contribution in [3.8, 4) is 5.75 Å². The van der Waals surface area contributed by atoms with Gasteiger partial charge >= 0.3 is 0 Å². The van der Waals surface area contributed by atoms with Crippen molar-refractivity contribution in [3.05, 3.63) is 77.6 Å². The largest absolute Gasteiger partial charge is 0.497 e. The third-order valence-corrected chi connectivity index (χ3v) is 6.21. The average Bonchev–Trinajstić information content (AvgIpc) is 3.27. The molecule has 0 bridgehead atoms. The van der Waals surface area contributed by atoms with Gasteiger partial charge in [-0.1, -0.05) is 25.5 Å². The quantitative estimate of drug-likeness (QED) is 0.455. The smallest absolute Gasteiger partial charge is 0.237 e. The number of hydrogen-bond donors (Lipinski definition) is 1. The van der Waals surface area contributed by atoms with Crippen LogP contribution in [0.4, 0.5) is 0 Å². The normalized spacial score (nSPS) is 16.9. The first-order valence-corrected chi connectivity index (χ1v) is 12.3. The molecule has 2 aromatic heterocycles. The number of pyridine rings is 1. The number of methoxy groups -OCH3 is 1. The summed E-state index contributed by atoms with van der Waals surface area (Å²) in [6.07, 6.45) is 8.51. The molecule has 1 fully saturated rings. The van der Waals surface area contributed by atoms with E-state index in [9.17, 15) is 4.79 Å². The molecule has 0 radical (unpaired) electrons. The zero-order chi connectivity index (χ0) is 24.5. The number of ether oxygens (including phenoxy) is 2. The average molecular weight is 478 g/mol. The monoisotopic (exact) mass is 477 g/mol. The van der Waals surface area contributed by atoms with Crippen molar-refractivity contribution in [2.24, 2.45) is 0 Å². The molecule has 1 aromatic carbocycles. The number of nitrogens with zero attached hydrogens (tertiary/aromatic N) is 4. The number of carbonyl (C=O) groups is 1. The molecule has 0 aliphatic carbocycles. The van der Waals surface area contributed by atoms with Crippen LogP contribution < -0.4 is 4.74 Å². The van der Waals surface area contributed by atoms with Crippen molar-refractivity contribution in [1.29, 1.82) is 0 Å². The molecule has 186 valence electrons. The van der Waals surface area contributed by atoms with Gasteiger partial charge in [0.1, 0.15) is 11.6 Å².